The summed E-state index contributed by atoms with van der Waals surface area (Å²) in [6.45, 7) is 8.36. The lowest BCUT2D eigenvalue weighted by Crippen LogP contribution is -2.01. The van der Waals surface area contributed by atoms with Crippen molar-refractivity contribution in [2.75, 3.05) is 19.8 Å². The lowest BCUT2D eigenvalue weighted by molar-refractivity contribution is 0.280. The molecule has 0 radical (unpaired) electrons. The Morgan fingerprint density at radius 3 is 2.29 bits per heavy atom. The predicted octanol–water partition coefficient (Wildman–Crippen LogP) is 3.38. The summed E-state index contributed by atoms with van der Waals surface area (Å²) in [5.74, 6) is 1.60. The third kappa shape index (κ3) is 3.32. The van der Waals surface area contributed by atoms with Gasteiger partial charge in [-0.15, -0.1) is 0 Å². The van der Waals surface area contributed by atoms with Gasteiger partial charge in [0.1, 0.15) is 0 Å². The molecular formula is C17H25NO3. The highest BCUT2D eigenvalue weighted by Gasteiger charge is 2.13. The number of aliphatic hydroxyl groups excluding tert-OH is 1. The Morgan fingerprint density at radius 2 is 1.71 bits per heavy atom. The van der Waals surface area contributed by atoms with E-state index in [1.165, 1.54) is 10.9 Å². The molecule has 21 heavy (non-hydrogen) atoms. The van der Waals surface area contributed by atoms with Crippen LogP contribution < -0.4 is 9.47 Å². The van der Waals surface area contributed by atoms with Crippen molar-refractivity contribution in [2.45, 2.75) is 40.2 Å². The van der Waals surface area contributed by atoms with E-state index in [0.717, 1.165) is 36.4 Å². The van der Waals surface area contributed by atoms with Crippen molar-refractivity contribution >= 4 is 10.9 Å². The maximum absolute atomic E-state index is 9.06. The third-order valence-corrected chi connectivity index (χ3v) is 3.57. The van der Waals surface area contributed by atoms with E-state index in [4.69, 9.17) is 14.6 Å². The van der Waals surface area contributed by atoms with Crippen molar-refractivity contribution in [1.82, 2.24) is 4.57 Å². The van der Waals surface area contributed by atoms with E-state index in [0.29, 0.717) is 13.2 Å². The van der Waals surface area contributed by atoms with E-state index < -0.39 is 0 Å². The van der Waals surface area contributed by atoms with Crippen molar-refractivity contribution < 1.29 is 14.6 Å². The Labute approximate surface area is 126 Å². The van der Waals surface area contributed by atoms with Gasteiger partial charge >= 0.3 is 0 Å². The molecule has 0 saturated heterocycles. The molecule has 2 aromatic rings. The predicted molar refractivity (Wildman–Crippen MR) is 85.4 cm³/mol. The number of benzene rings is 1. The molecule has 0 spiro atoms. The lowest BCUT2D eigenvalue weighted by Gasteiger charge is -2.12. The van der Waals surface area contributed by atoms with Crippen LogP contribution in [0.3, 0.4) is 0 Å². The average Bonchev–Trinajstić information content (AvgIpc) is 2.83. The van der Waals surface area contributed by atoms with Crippen LogP contribution in [-0.4, -0.2) is 29.5 Å². The van der Waals surface area contributed by atoms with Crippen LogP contribution in [0.4, 0.5) is 0 Å². The van der Waals surface area contributed by atoms with Crippen LogP contribution in [0.2, 0.25) is 0 Å². The standard InChI is InChI=1S/C17H25NO3/c1-4-13-12-18(8-7-9-19)15-11-17(21-6-3)16(20-5-2)10-14(13)15/h10-12,19H,4-9H2,1-3H3. The summed E-state index contributed by atoms with van der Waals surface area (Å²) in [4.78, 5) is 0. The highest BCUT2D eigenvalue weighted by molar-refractivity contribution is 5.87. The van der Waals surface area contributed by atoms with Crippen molar-refractivity contribution in [1.29, 1.82) is 0 Å². The van der Waals surface area contributed by atoms with Crippen molar-refractivity contribution in [3.63, 3.8) is 0 Å². The second-order valence-corrected chi connectivity index (χ2v) is 4.96. The SMILES string of the molecule is CCOc1cc2c(CC)cn(CCCO)c2cc1OCC. The first-order valence-electron chi connectivity index (χ1n) is 7.77. The zero-order valence-electron chi connectivity index (χ0n) is 13.2. The molecular weight excluding hydrogens is 266 g/mol. The fourth-order valence-corrected chi connectivity index (χ4v) is 2.62. The molecule has 0 aliphatic carbocycles. The molecule has 1 aromatic carbocycles. The molecule has 4 nitrogen and oxygen atoms in total. The maximum atomic E-state index is 9.06. The van der Waals surface area contributed by atoms with E-state index in [1.54, 1.807) is 0 Å². The van der Waals surface area contributed by atoms with E-state index in [9.17, 15) is 0 Å². The quantitative estimate of drug-likeness (QED) is 0.811. The first-order valence-corrected chi connectivity index (χ1v) is 7.77. The van der Waals surface area contributed by atoms with Gasteiger partial charge in [-0.05, 0) is 38.3 Å². The van der Waals surface area contributed by atoms with Gasteiger partial charge in [0.15, 0.2) is 11.5 Å². The summed E-state index contributed by atoms with van der Waals surface area (Å²) in [6.07, 6.45) is 3.90. The molecule has 1 N–H and O–H groups in total. The van der Waals surface area contributed by atoms with Gasteiger partial charge in [-0.1, -0.05) is 6.92 Å². The second kappa shape index (κ2) is 7.36. The number of aliphatic hydroxyl groups is 1. The summed E-state index contributed by atoms with van der Waals surface area (Å²) in [7, 11) is 0. The average molecular weight is 291 g/mol. The summed E-state index contributed by atoms with van der Waals surface area (Å²) in [6, 6.07) is 4.14. The zero-order valence-corrected chi connectivity index (χ0v) is 13.2. The number of ether oxygens (including phenoxy) is 2. The normalized spacial score (nSPS) is 11.0. The molecule has 1 heterocycles. The van der Waals surface area contributed by atoms with Gasteiger partial charge in [0.2, 0.25) is 0 Å². The monoisotopic (exact) mass is 291 g/mol. The summed E-state index contributed by atoms with van der Waals surface area (Å²) in [5, 5.41) is 10.3. The Balaban J connectivity index is 2.54. The van der Waals surface area contributed by atoms with Gasteiger partial charge in [0.25, 0.3) is 0 Å². The van der Waals surface area contributed by atoms with Crippen LogP contribution in [0.1, 0.15) is 32.8 Å². The van der Waals surface area contributed by atoms with Gasteiger partial charge in [-0.25, -0.2) is 0 Å². The lowest BCUT2D eigenvalue weighted by atomic mass is 10.1. The molecule has 0 aliphatic rings. The maximum Gasteiger partial charge on any atom is 0.163 e. The molecule has 0 bridgehead atoms. The fraction of sp³-hybridized carbons (Fsp3) is 0.529. The number of aryl methyl sites for hydroxylation is 2. The van der Waals surface area contributed by atoms with Crippen LogP contribution in [-0.2, 0) is 13.0 Å². The van der Waals surface area contributed by atoms with Crippen LogP contribution >= 0.6 is 0 Å². The van der Waals surface area contributed by atoms with Gasteiger partial charge in [0.05, 0.1) is 18.7 Å². The number of hydrogen-bond donors (Lipinski definition) is 1. The summed E-state index contributed by atoms with van der Waals surface area (Å²) >= 11 is 0. The molecule has 0 saturated carbocycles. The minimum atomic E-state index is 0.205. The van der Waals surface area contributed by atoms with Gasteiger partial charge in [-0.2, -0.15) is 0 Å². The van der Waals surface area contributed by atoms with Crippen LogP contribution in [0.25, 0.3) is 10.9 Å². The van der Waals surface area contributed by atoms with Crippen molar-refractivity contribution in [3.8, 4) is 11.5 Å². The van der Waals surface area contributed by atoms with E-state index in [2.05, 4.69) is 29.8 Å². The molecule has 0 amide bonds. The molecule has 0 atom stereocenters. The molecule has 1 aromatic heterocycles. The molecule has 0 fully saturated rings. The first kappa shape index (κ1) is 15.7. The van der Waals surface area contributed by atoms with Gasteiger partial charge < -0.3 is 19.1 Å². The number of aromatic nitrogens is 1. The Bertz CT molecular complexity index is 589. The Hall–Kier alpha value is -1.68. The van der Waals surface area contributed by atoms with E-state index in [-0.39, 0.29) is 6.61 Å². The van der Waals surface area contributed by atoms with Crippen molar-refractivity contribution in [3.05, 3.63) is 23.9 Å². The molecule has 2 rings (SSSR count). The number of rotatable bonds is 8. The molecule has 0 aliphatic heterocycles. The summed E-state index contributed by atoms with van der Waals surface area (Å²) in [5.41, 5.74) is 2.44. The van der Waals surface area contributed by atoms with Gasteiger partial charge in [0, 0.05) is 30.8 Å². The van der Waals surface area contributed by atoms with Crippen LogP contribution in [0, 0.1) is 0 Å². The van der Waals surface area contributed by atoms with Crippen LogP contribution in [0.5, 0.6) is 11.5 Å². The van der Waals surface area contributed by atoms with E-state index in [1.807, 2.05) is 13.8 Å². The first-order chi connectivity index (χ1) is 10.2. The number of hydrogen-bond acceptors (Lipinski definition) is 3. The largest absolute Gasteiger partial charge is 0.490 e. The topological polar surface area (TPSA) is 43.6 Å². The minimum Gasteiger partial charge on any atom is -0.490 e. The molecule has 116 valence electrons. The van der Waals surface area contributed by atoms with E-state index >= 15 is 0 Å². The Kier molecular flexibility index (Phi) is 5.51. The number of nitrogens with zero attached hydrogens (tertiary/aromatic N) is 1. The van der Waals surface area contributed by atoms with Gasteiger partial charge in [-0.3, -0.25) is 0 Å². The summed E-state index contributed by atoms with van der Waals surface area (Å²) < 4.78 is 13.6. The fourth-order valence-electron chi connectivity index (χ4n) is 2.62. The second-order valence-electron chi connectivity index (χ2n) is 4.96. The van der Waals surface area contributed by atoms with Crippen LogP contribution in [0.15, 0.2) is 18.3 Å². The molecule has 4 heteroatoms. The highest BCUT2D eigenvalue weighted by atomic mass is 16.5. The van der Waals surface area contributed by atoms with Crippen molar-refractivity contribution in [2.24, 2.45) is 0 Å². The molecule has 0 unspecified atom stereocenters. The highest BCUT2D eigenvalue weighted by Crippen LogP contribution is 2.35. The minimum absolute atomic E-state index is 0.205. The third-order valence-electron chi connectivity index (χ3n) is 3.57. The number of fused-ring (bicyclic) bond motifs is 1. The Morgan fingerprint density at radius 1 is 1.05 bits per heavy atom. The smallest absolute Gasteiger partial charge is 0.163 e. The zero-order chi connectivity index (χ0) is 15.2.